The molecule has 1 unspecified atom stereocenters. The molecule has 66 valence electrons. The van der Waals surface area contributed by atoms with Crippen LogP contribution in [0.3, 0.4) is 0 Å². The summed E-state index contributed by atoms with van der Waals surface area (Å²) < 4.78 is 25.1. The van der Waals surface area contributed by atoms with Crippen molar-refractivity contribution in [3.8, 4) is 0 Å². The SMILES string of the molecule is CC(F)(F)C(O)c1ccccc1. The van der Waals surface area contributed by atoms with E-state index in [-0.39, 0.29) is 5.56 Å². The van der Waals surface area contributed by atoms with Crippen molar-refractivity contribution >= 4 is 0 Å². The minimum atomic E-state index is -3.08. The van der Waals surface area contributed by atoms with Crippen molar-refractivity contribution in [2.45, 2.75) is 19.0 Å². The Labute approximate surface area is 69.7 Å². The molecule has 0 aliphatic heterocycles. The molecule has 0 aliphatic carbocycles. The first-order valence-corrected chi connectivity index (χ1v) is 3.62. The average Bonchev–Trinajstić information content (AvgIpc) is 2.03. The zero-order chi connectivity index (χ0) is 9.19. The molecule has 0 spiro atoms. The lowest BCUT2D eigenvalue weighted by atomic mass is 10.1. The molecule has 1 N–H and O–H groups in total. The summed E-state index contributed by atoms with van der Waals surface area (Å²) in [5, 5.41) is 9.11. The van der Waals surface area contributed by atoms with Crippen LogP contribution in [0.4, 0.5) is 8.78 Å². The highest BCUT2D eigenvalue weighted by Gasteiger charge is 2.33. The van der Waals surface area contributed by atoms with Crippen LogP contribution in [0.15, 0.2) is 30.3 Å². The summed E-state index contributed by atoms with van der Waals surface area (Å²) in [4.78, 5) is 0. The highest BCUT2D eigenvalue weighted by molar-refractivity contribution is 5.18. The molecule has 1 atom stereocenters. The lowest BCUT2D eigenvalue weighted by Gasteiger charge is -2.17. The van der Waals surface area contributed by atoms with Gasteiger partial charge in [0, 0.05) is 6.92 Å². The molecule has 12 heavy (non-hydrogen) atoms. The van der Waals surface area contributed by atoms with Crippen LogP contribution < -0.4 is 0 Å². The summed E-state index contributed by atoms with van der Waals surface area (Å²) in [6, 6.07) is 7.89. The van der Waals surface area contributed by atoms with E-state index in [4.69, 9.17) is 5.11 Å². The van der Waals surface area contributed by atoms with Gasteiger partial charge in [0.25, 0.3) is 5.92 Å². The maximum absolute atomic E-state index is 12.6. The molecule has 1 aromatic carbocycles. The number of halogens is 2. The van der Waals surface area contributed by atoms with Crippen LogP contribution in [0.5, 0.6) is 0 Å². The average molecular weight is 172 g/mol. The molecule has 1 rings (SSSR count). The van der Waals surface area contributed by atoms with Gasteiger partial charge in [-0.1, -0.05) is 30.3 Å². The van der Waals surface area contributed by atoms with Crippen LogP contribution in [0.1, 0.15) is 18.6 Å². The van der Waals surface area contributed by atoms with E-state index in [2.05, 4.69) is 0 Å². The lowest BCUT2D eigenvalue weighted by Crippen LogP contribution is -2.21. The zero-order valence-corrected chi connectivity index (χ0v) is 6.67. The van der Waals surface area contributed by atoms with Gasteiger partial charge < -0.3 is 5.11 Å². The zero-order valence-electron chi connectivity index (χ0n) is 6.67. The quantitative estimate of drug-likeness (QED) is 0.726. The summed E-state index contributed by atoms with van der Waals surface area (Å²) in [5.74, 6) is -3.08. The predicted octanol–water partition coefficient (Wildman–Crippen LogP) is 2.38. The first-order chi connectivity index (χ1) is 5.52. The van der Waals surface area contributed by atoms with E-state index in [0.717, 1.165) is 0 Å². The molecule has 3 heteroatoms. The molecule has 0 saturated carbocycles. The van der Waals surface area contributed by atoms with E-state index in [1.807, 2.05) is 0 Å². The highest BCUT2D eigenvalue weighted by Crippen LogP contribution is 2.29. The van der Waals surface area contributed by atoms with Crippen LogP contribution in [-0.4, -0.2) is 11.0 Å². The Bertz CT molecular complexity index is 240. The van der Waals surface area contributed by atoms with Crippen molar-refractivity contribution in [1.29, 1.82) is 0 Å². The molecule has 0 aliphatic rings. The molecule has 1 aromatic rings. The standard InChI is InChI=1S/C9H10F2O/c1-9(10,11)8(12)7-5-3-2-4-6-7/h2-6,8,12H,1H3. The lowest BCUT2D eigenvalue weighted by molar-refractivity contribution is -0.0954. The topological polar surface area (TPSA) is 20.2 Å². The van der Waals surface area contributed by atoms with Crippen molar-refractivity contribution < 1.29 is 13.9 Å². The fourth-order valence-corrected chi connectivity index (χ4v) is 0.928. The first-order valence-electron chi connectivity index (χ1n) is 3.62. The molecule has 0 radical (unpaired) electrons. The Hall–Kier alpha value is -0.960. The number of rotatable bonds is 2. The van der Waals surface area contributed by atoms with Crippen LogP contribution >= 0.6 is 0 Å². The molecule has 0 fully saturated rings. The van der Waals surface area contributed by atoms with E-state index < -0.39 is 12.0 Å². The Balaban J connectivity index is 2.86. The summed E-state index contributed by atoms with van der Waals surface area (Å²) in [5.41, 5.74) is 0.241. The van der Waals surface area contributed by atoms with Gasteiger partial charge in [-0.25, -0.2) is 8.78 Å². The van der Waals surface area contributed by atoms with Crippen LogP contribution in [0.25, 0.3) is 0 Å². The van der Waals surface area contributed by atoms with Gasteiger partial charge in [-0.15, -0.1) is 0 Å². The summed E-state index contributed by atoms with van der Waals surface area (Å²) >= 11 is 0. The van der Waals surface area contributed by atoms with Gasteiger partial charge in [0.1, 0.15) is 6.10 Å². The largest absolute Gasteiger partial charge is 0.382 e. The second-order valence-corrected chi connectivity index (χ2v) is 2.77. The number of benzene rings is 1. The second kappa shape index (κ2) is 3.19. The van der Waals surface area contributed by atoms with Gasteiger partial charge in [0.2, 0.25) is 0 Å². The van der Waals surface area contributed by atoms with E-state index >= 15 is 0 Å². The molecular formula is C9H10F2O. The minimum absolute atomic E-state index is 0.241. The van der Waals surface area contributed by atoms with Gasteiger partial charge in [-0.3, -0.25) is 0 Å². The third-order valence-corrected chi connectivity index (χ3v) is 1.60. The summed E-state index contributed by atoms with van der Waals surface area (Å²) in [6.45, 7) is 0.699. The smallest absolute Gasteiger partial charge is 0.274 e. The third-order valence-electron chi connectivity index (χ3n) is 1.60. The number of aliphatic hydroxyl groups excluding tert-OH is 1. The van der Waals surface area contributed by atoms with Crippen LogP contribution in [0, 0.1) is 0 Å². The molecular weight excluding hydrogens is 162 g/mol. The Morgan fingerprint density at radius 1 is 1.25 bits per heavy atom. The van der Waals surface area contributed by atoms with Gasteiger partial charge in [0.15, 0.2) is 0 Å². The van der Waals surface area contributed by atoms with Crippen molar-refractivity contribution in [1.82, 2.24) is 0 Å². The molecule has 0 aromatic heterocycles. The van der Waals surface area contributed by atoms with Crippen LogP contribution in [-0.2, 0) is 0 Å². The number of alkyl halides is 2. The van der Waals surface area contributed by atoms with Crippen molar-refractivity contribution in [3.63, 3.8) is 0 Å². The maximum Gasteiger partial charge on any atom is 0.274 e. The first kappa shape index (κ1) is 9.13. The van der Waals surface area contributed by atoms with Crippen molar-refractivity contribution in [2.24, 2.45) is 0 Å². The fraction of sp³-hybridized carbons (Fsp3) is 0.333. The van der Waals surface area contributed by atoms with Crippen LogP contribution in [0.2, 0.25) is 0 Å². The third kappa shape index (κ3) is 2.01. The normalized spacial score (nSPS) is 14.3. The molecule has 0 heterocycles. The Kier molecular flexibility index (Phi) is 2.43. The Morgan fingerprint density at radius 3 is 2.17 bits per heavy atom. The predicted molar refractivity (Wildman–Crippen MR) is 42.0 cm³/mol. The number of aliphatic hydroxyl groups is 1. The van der Waals surface area contributed by atoms with Gasteiger partial charge >= 0.3 is 0 Å². The van der Waals surface area contributed by atoms with Gasteiger partial charge in [-0.2, -0.15) is 0 Å². The number of hydrogen-bond acceptors (Lipinski definition) is 1. The molecule has 0 amide bonds. The molecule has 0 saturated heterocycles. The van der Waals surface area contributed by atoms with E-state index in [0.29, 0.717) is 6.92 Å². The van der Waals surface area contributed by atoms with E-state index in [9.17, 15) is 8.78 Å². The maximum atomic E-state index is 12.6. The number of hydrogen-bond donors (Lipinski definition) is 1. The van der Waals surface area contributed by atoms with E-state index in [1.165, 1.54) is 12.1 Å². The highest BCUT2D eigenvalue weighted by atomic mass is 19.3. The second-order valence-electron chi connectivity index (χ2n) is 2.77. The Morgan fingerprint density at radius 2 is 1.75 bits per heavy atom. The van der Waals surface area contributed by atoms with Crippen molar-refractivity contribution in [3.05, 3.63) is 35.9 Å². The van der Waals surface area contributed by atoms with Gasteiger partial charge in [0.05, 0.1) is 0 Å². The summed E-state index contributed by atoms with van der Waals surface area (Å²) in [7, 11) is 0. The van der Waals surface area contributed by atoms with Gasteiger partial charge in [-0.05, 0) is 5.56 Å². The summed E-state index contributed by atoms with van der Waals surface area (Å²) in [6.07, 6.45) is -1.71. The fourth-order valence-electron chi connectivity index (χ4n) is 0.928. The molecule has 1 nitrogen and oxygen atoms in total. The van der Waals surface area contributed by atoms with Crippen molar-refractivity contribution in [2.75, 3.05) is 0 Å². The molecule has 0 bridgehead atoms. The van der Waals surface area contributed by atoms with E-state index in [1.54, 1.807) is 18.2 Å². The minimum Gasteiger partial charge on any atom is -0.382 e. The monoisotopic (exact) mass is 172 g/mol.